The molecule has 34 heavy (non-hydrogen) atoms. The highest BCUT2D eigenvalue weighted by molar-refractivity contribution is 5.63. The fraction of sp³-hybridized carbons (Fsp3) is 0.500. The Labute approximate surface area is 206 Å². The fourth-order valence-electron chi connectivity index (χ4n) is 4.08. The lowest BCUT2D eigenvalue weighted by atomic mass is 10.0. The number of benzene rings is 1. The summed E-state index contributed by atoms with van der Waals surface area (Å²) in [6, 6.07) is 12.9. The maximum absolute atomic E-state index is 5.79. The highest BCUT2D eigenvalue weighted by atomic mass is 16.5. The van der Waals surface area contributed by atoms with Crippen molar-refractivity contribution < 1.29 is 4.74 Å². The van der Waals surface area contributed by atoms with Crippen LogP contribution in [0.2, 0.25) is 0 Å². The van der Waals surface area contributed by atoms with E-state index in [-0.39, 0.29) is 0 Å². The highest BCUT2D eigenvalue weighted by Crippen LogP contribution is 2.22. The average molecular weight is 460 g/mol. The van der Waals surface area contributed by atoms with Gasteiger partial charge in [0, 0.05) is 17.3 Å². The van der Waals surface area contributed by atoms with Gasteiger partial charge in [0.1, 0.15) is 0 Å². The number of hydrogen-bond acceptors (Lipinski definition) is 4. The van der Waals surface area contributed by atoms with Crippen LogP contribution in [0.5, 0.6) is 5.75 Å². The van der Waals surface area contributed by atoms with E-state index in [2.05, 4.69) is 53.1 Å². The molecule has 3 rings (SSSR count). The predicted molar refractivity (Wildman–Crippen MR) is 142 cm³/mol. The van der Waals surface area contributed by atoms with Crippen LogP contribution in [0, 0.1) is 0 Å². The summed E-state index contributed by atoms with van der Waals surface area (Å²) in [6.07, 6.45) is 20.7. The van der Waals surface area contributed by atoms with Gasteiger partial charge in [-0.15, -0.1) is 0 Å². The highest BCUT2D eigenvalue weighted by Gasteiger charge is 2.05. The van der Waals surface area contributed by atoms with Crippen LogP contribution < -0.4 is 4.74 Å². The second-order valence-electron chi connectivity index (χ2n) is 9.15. The number of unbranched alkanes of at least 4 members (excludes halogenated alkanes) is 9. The van der Waals surface area contributed by atoms with E-state index >= 15 is 0 Å². The SMILES string of the molecule is CCCCCCCCOc1cnc(-c2ccc(-c3ccc(CCCCCCC)cc3)nc2)nc1. The lowest BCUT2D eigenvalue weighted by Gasteiger charge is -2.07. The first kappa shape index (κ1) is 25.9. The first-order valence-electron chi connectivity index (χ1n) is 13.3. The molecule has 0 unspecified atom stereocenters. The number of rotatable bonds is 16. The lowest BCUT2D eigenvalue weighted by Crippen LogP contribution is -1.99. The minimum Gasteiger partial charge on any atom is -0.490 e. The first-order chi connectivity index (χ1) is 16.8. The van der Waals surface area contributed by atoms with E-state index in [9.17, 15) is 0 Å². The predicted octanol–water partition coefficient (Wildman–Crippen LogP) is 8.46. The maximum Gasteiger partial charge on any atom is 0.160 e. The zero-order chi connectivity index (χ0) is 23.8. The van der Waals surface area contributed by atoms with Crippen LogP contribution in [0.4, 0.5) is 0 Å². The number of hydrogen-bond donors (Lipinski definition) is 0. The van der Waals surface area contributed by atoms with Gasteiger partial charge in [-0.2, -0.15) is 0 Å². The molecule has 0 saturated heterocycles. The number of ether oxygens (including phenoxy) is 1. The number of pyridine rings is 1. The fourth-order valence-corrected chi connectivity index (χ4v) is 4.08. The van der Waals surface area contributed by atoms with Gasteiger partial charge < -0.3 is 4.74 Å². The molecule has 1 aromatic carbocycles. The maximum atomic E-state index is 5.79. The molecule has 0 aliphatic carbocycles. The van der Waals surface area contributed by atoms with Gasteiger partial charge in [-0.3, -0.25) is 4.98 Å². The van der Waals surface area contributed by atoms with Crippen LogP contribution in [0.25, 0.3) is 22.6 Å². The molecular weight excluding hydrogens is 418 g/mol. The molecule has 0 aliphatic heterocycles. The molecule has 182 valence electrons. The second-order valence-corrected chi connectivity index (χ2v) is 9.15. The average Bonchev–Trinajstić information content (AvgIpc) is 2.89. The lowest BCUT2D eigenvalue weighted by molar-refractivity contribution is 0.302. The van der Waals surface area contributed by atoms with Gasteiger partial charge in [0.2, 0.25) is 0 Å². The minimum absolute atomic E-state index is 0.671. The van der Waals surface area contributed by atoms with E-state index < -0.39 is 0 Å². The molecule has 2 aromatic heterocycles. The van der Waals surface area contributed by atoms with Crippen molar-refractivity contribution in [2.24, 2.45) is 0 Å². The molecule has 0 saturated carbocycles. The van der Waals surface area contributed by atoms with E-state index in [1.807, 2.05) is 18.3 Å². The molecule has 0 radical (unpaired) electrons. The Morgan fingerprint density at radius 1 is 0.588 bits per heavy atom. The van der Waals surface area contributed by atoms with Gasteiger partial charge in [-0.05, 0) is 37.0 Å². The summed E-state index contributed by atoms with van der Waals surface area (Å²) in [5.74, 6) is 1.40. The van der Waals surface area contributed by atoms with Gasteiger partial charge in [0.25, 0.3) is 0 Å². The van der Waals surface area contributed by atoms with Crippen molar-refractivity contribution in [2.75, 3.05) is 6.61 Å². The van der Waals surface area contributed by atoms with Crippen molar-refractivity contribution in [3.63, 3.8) is 0 Å². The van der Waals surface area contributed by atoms with Gasteiger partial charge in [-0.1, -0.05) is 95.9 Å². The zero-order valence-electron chi connectivity index (χ0n) is 21.1. The Bertz CT molecular complexity index is 921. The standard InChI is InChI=1S/C30H41N3O/c1-3-5-7-9-11-13-21-34-28-23-32-30(33-24-28)27-19-20-29(31-22-27)26-17-15-25(16-18-26)14-12-10-8-6-4-2/h15-20,22-24H,3-14,21H2,1-2H3. The summed E-state index contributed by atoms with van der Waals surface area (Å²) in [5, 5.41) is 0. The molecule has 4 heteroatoms. The first-order valence-corrected chi connectivity index (χ1v) is 13.3. The van der Waals surface area contributed by atoms with Crippen molar-refractivity contribution >= 4 is 0 Å². The Morgan fingerprint density at radius 3 is 1.85 bits per heavy atom. The minimum atomic E-state index is 0.671. The van der Waals surface area contributed by atoms with Crippen LogP contribution in [0.1, 0.15) is 90.0 Å². The summed E-state index contributed by atoms with van der Waals surface area (Å²) >= 11 is 0. The van der Waals surface area contributed by atoms with E-state index in [1.54, 1.807) is 12.4 Å². The molecular formula is C30H41N3O. The molecule has 3 aromatic rings. The van der Waals surface area contributed by atoms with Crippen molar-refractivity contribution in [1.29, 1.82) is 0 Å². The number of aryl methyl sites for hydroxylation is 1. The third-order valence-corrected chi connectivity index (χ3v) is 6.24. The summed E-state index contributed by atoms with van der Waals surface area (Å²) < 4.78 is 5.79. The molecule has 0 fully saturated rings. The molecule has 0 amide bonds. The molecule has 0 aliphatic rings. The molecule has 0 bridgehead atoms. The Balaban J connectivity index is 1.45. The zero-order valence-corrected chi connectivity index (χ0v) is 21.1. The van der Waals surface area contributed by atoms with Crippen LogP contribution >= 0.6 is 0 Å². The van der Waals surface area contributed by atoms with E-state index in [4.69, 9.17) is 4.74 Å². The van der Waals surface area contributed by atoms with E-state index in [1.165, 1.54) is 69.8 Å². The normalized spacial score (nSPS) is 11.0. The molecule has 2 heterocycles. The van der Waals surface area contributed by atoms with Crippen molar-refractivity contribution in [3.05, 3.63) is 60.6 Å². The summed E-state index contributed by atoms with van der Waals surface area (Å²) in [5.41, 5.74) is 4.43. The van der Waals surface area contributed by atoms with Crippen molar-refractivity contribution in [1.82, 2.24) is 15.0 Å². The second kappa shape index (κ2) is 15.2. The van der Waals surface area contributed by atoms with E-state index in [0.717, 1.165) is 42.0 Å². The smallest absolute Gasteiger partial charge is 0.160 e. The largest absolute Gasteiger partial charge is 0.490 e. The number of nitrogens with zero attached hydrogens (tertiary/aromatic N) is 3. The van der Waals surface area contributed by atoms with Crippen LogP contribution in [0.3, 0.4) is 0 Å². The molecule has 4 nitrogen and oxygen atoms in total. The van der Waals surface area contributed by atoms with E-state index in [0.29, 0.717) is 5.82 Å². The summed E-state index contributed by atoms with van der Waals surface area (Å²) in [6.45, 7) is 5.23. The molecule has 0 atom stereocenters. The topological polar surface area (TPSA) is 47.9 Å². The van der Waals surface area contributed by atoms with Gasteiger partial charge >= 0.3 is 0 Å². The third-order valence-electron chi connectivity index (χ3n) is 6.24. The summed E-state index contributed by atoms with van der Waals surface area (Å²) in [4.78, 5) is 13.6. The van der Waals surface area contributed by atoms with Gasteiger partial charge in [-0.25, -0.2) is 9.97 Å². The summed E-state index contributed by atoms with van der Waals surface area (Å²) in [7, 11) is 0. The van der Waals surface area contributed by atoms with Gasteiger partial charge in [0.05, 0.1) is 24.7 Å². The van der Waals surface area contributed by atoms with Crippen molar-refractivity contribution in [3.8, 4) is 28.4 Å². The number of aromatic nitrogens is 3. The van der Waals surface area contributed by atoms with Crippen LogP contribution in [-0.2, 0) is 6.42 Å². The monoisotopic (exact) mass is 459 g/mol. The Morgan fingerprint density at radius 2 is 1.21 bits per heavy atom. The quantitative estimate of drug-likeness (QED) is 0.202. The molecule has 0 spiro atoms. The van der Waals surface area contributed by atoms with Crippen LogP contribution in [0.15, 0.2) is 55.0 Å². The Hall–Kier alpha value is -2.75. The third kappa shape index (κ3) is 8.89. The Kier molecular flexibility index (Phi) is 11.6. The van der Waals surface area contributed by atoms with Crippen molar-refractivity contribution in [2.45, 2.75) is 90.9 Å². The van der Waals surface area contributed by atoms with Crippen LogP contribution in [-0.4, -0.2) is 21.6 Å². The van der Waals surface area contributed by atoms with Gasteiger partial charge in [0.15, 0.2) is 11.6 Å². The molecule has 0 N–H and O–H groups in total.